The SMILES string of the molecule is CC1CCCN(Cc2csc(NC(=O)c3csc(CN)n3)n2)C1. The van der Waals surface area contributed by atoms with Crippen LogP contribution in [-0.4, -0.2) is 33.9 Å². The van der Waals surface area contributed by atoms with Crippen molar-refractivity contribution in [3.63, 3.8) is 0 Å². The number of hydrogen-bond acceptors (Lipinski definition) is 7. The summed E-state index contributed by atoms with van der Waals surface area (Å²) in [6.45, 7) is 5.75. The lowest BCUT2D eigenvalue weighted by Gasteiger charge is -2.30. The van der Waals surface area contributed by atoms with E-state index >= 15 is 0 Å². The maximum Gasteiger partial charge on any atom is 0.276 e. The summed E-state index contributed by atoms with van der Waals surface area (Å²) in [5.41, 5.74) is 6.93. The molecule has 1 fully saturated rings. The van der Waals surface area contributed by atoms with Crippen LogP contribution in [0.3, 0.4) is 0 Å². The van der Waals surface area contributed by atoms with Gasteiger partial charge in [-0.1, -0.05) is 6.92 Å². The van der Waals surface area contributed by atoms with Gasteiger partial charge in [0.1, 0.15) is 10.7 Å². The van der Waals surface area contributed by atoms with Crippen LogP contribution < -0.4 is 11.1 Å². The molecule has 1 saturated heterocycles. The third-order valence-corrected chi connectivity index (χ3v) is 5.54. The molecule has 23 heavy (non-hydrogen) atoms. The fraction of sp³-hybridized carbons (Fsp3) is 0.533. The fourth-order valence-electron chi connectivity index (χ4n) is 2.77. The maximum atomic E-state index is 12.1. The van der Waals surface area contributed by atoms with Gasteiger partial charge in [0.2, 0.25) is 0 Å². The molecule has 0 saturated carbocycles. The molecule has 1 aliphatic heterocycles. The molecule has 3 rings (SSSR count). The van der Waals surface area contributed by atoms with Crippen LogP contribution in [0.15, 0.2) is 10.8 Å². The summed E-state index contributed by atoms with van der Waals surface area (Å²) in [6.07, 6.45) is 2.56. The number of piperidine rings is 1. The van der Waals surface area contributed by atoms with Crippen LogP contribution in [-0.2, 0) is 13.1 Å². The van der Waals surface area contributed by atoms with Gasteiger partial charge in [-0.05, 0) is 25.3 Å². The van der Waals surface area contributed by atoms with Crippen LogP contribution >= 0.6 is 22.7 Å². The van der Waals surface area contributed by atoms with Crippen LogP contribution in [0.2, 0.25) is 0 Å². The summed E-state index contributed by atoms with van der Waals surface area (Å²) in [5, 5.41) is 7.93. The highest BCUT2D eigenvalue weighted by Gasteiger charge is 2.18. The van der Waals surface area contributed by atoms with Crippen LogP contribution in [0.4, 0.5) is 5.13 Å². The summed E-state index contributed by atoms with van der Waals surface area (Å²) in [7, 11) is 0. The molecule has 6 nitrogen and oxygen atoms in total. The van der Waals surface area contributed by atoms with Crippen molar-refractivity contribution >= 4 is 33.7 Å². The van der Waals surface area contributed by atoms with Gasteiger partial charge >= 0.3 is 0 Å². The molecule has 3 N–H and O–H groups in total. The van der Waals surface area contributed by atoms with E-state index in [1.807, 2.05) is 5.38 Å². The first kappa shape index (κ1) is 16.5. The largest absolute Gasteiger partial charge is 0.325 e. The Morgan fingerprint density at radius 1 is 1.43 bits per heavy atom. The molecule has 8 heteroatoms. The Morgan fingerprint density at radius 2 is 2.30 bits per heavy atom. The van der Waals surface area contributed by atoms with Crippen molar-refractivity contribution in [3.05, 3.63) is 27.2 Å². The van der Waals surface area contributed by atoms with Crippen molar-refractivity contribution in [2.75, 3.05) is 18.4 Å². The fourth-order valence-corrected chi connectivity index (χ4v) is 4.12. The van der Waals surface area contributed by atoms with Gasteiger partial charge in [-0.2, -0.15) is 0 Å². The van der Waals surface area contributed by atoms with Gasteiger partial charge in [-0.25, -0.2) is 9.97 Å². The minimum absolute atomic E-state index is 0.228. The highest BCUT2D eigenvalue weighted by atomic mass is 32.1. The number of hydrogen-bond donors (Lipinski definition) is 2. The van der Waals surface area contributed by atoms with E-state index in [0.29, 0.717) is 17.4 Å². The van der Waals surface area contributed by atoms with E-state index in [-0.39, 0.29) is 5.91 Å². The Morgan fingerprint density at radius 3 is 3.04 bits per heavy atom. The third kappa shape index (κ3) is 4.35. The number of aromatic nitrogens is 2. The number of carbonyl (C=O) groups excluding carboxylic acids is 1. The number of nitrogens with one attached hydrogen (secondary N) is 1. The van der Waals surface area contributed by atoms with Gasteiger partial charge in [-0.15, -0.1) is 22.7 Å². The molecular formula is C15H21N5OS2. The zero-order valence-corrected chi connectivity index (χ0v) is 14.8. The number of likely N-dealkylation sites (tertiary alicyclic amines) is 1. The van der Waals surface area contributed by atoms with Crippen LogP contribution in [0.25, 0.3) is 0 Å². The van der Waals surface area contributed by atoms with Gasteiger partial charge in [0, 0.05) is 30.4 Å². The average Bonchev–Trinajstić information content (AvgIpc) is 3.16. The minimum atomic E-state index is -0.228. The molecule has 0 aliphatic carbocycles. The van der Waals surface area contributed by atoms with Crippen molar-refractivity contribution in [2.45, 2.75) is 32.9 Å². The molecule has 0 radical (unpaired) electrons. The molecule has 3 heterocycles. The molecule has 124 valence electrons. The van der Waals surface area contributed by atoms with E-state index in [4.69, 9.17) is 5.73 Å². The standard InChI is InChI=1S/C15H21N5OS2/c1-10-3-2-4-20(6-10)7-11-8-23-15(17-11)19-14(21)12-9-22-13(5-16)18-12/h8-10H,2-7,16H2,1H3,(H,17,19,21). The van der Waals surface area contributed by atoms with Crippen molar-refractivity contribution < 1.29 is 4.79 Å². The van der Waals surface area contributed by atoms with Gasteiger partial charge in [-0.3, -0.25) is 15.0 Å². The normalized spacial score (nSPS) is 19.0. The molecule has 1 aliphatic rings. The average molecular weight is 352 g/mol. The first-order valence-corrected chi connectivity index (χ1v) is 9.52. The van der Waals surface area contributed by atoms with E-state index in [9.17, 15) is 4.79 Å². The van der Waals surface area contributed by atoms with Gasteiger partial charge in [0.05, 0.1) is 5.69 Å². The lowest BCUT2D eigenvalue weighted by atomic mass is 10.0. The van der Waals surface area contributed by atoms with E-state index < -0.39 is 0 Å². The van der Waals surface area contributed by atoms with Crippen LogP contribution in [0.5, 0.6) is 0 Å². The van der Waals surface area contributed by atoms with Crippen molar-refractivity contribution in [2.24, 2.45) is 11.7 Å². The minimum Gasteiger partial charge on any atom is -0.325 e. The summed E-state index contributed by atoms with van der Waals surface area (Å²) in [6, 6.07) is 0. The van der Waals surface area contributed by atoms with Gasteiger partial charge in [0.15, 0.2) is 5.13 Å². The lowest BCUT2D eigenvalue weighted by Crippen LogP contribution is -2.33. The summed E-state index contributed by atoms with van der Waals surface area (Å²) in [4.78, 5) is 23.3. The number of anilines is 1. The molecule has 1 atom stereocenters. The number of carbonyl (C=O) groups is 1. The smallest absolute Gasteiger partial charge is 0.276 e. The predicted octanol–water partition coefficient (Wildman–Crippen LogP) is 2.54. The van der Waals surface area contributed by atoms with Gasteiger partial charge in [0.25, 0.3) is 5.91 Å². The topological polar surface area (TPSA) is 84.1 Å². The third-order valence-electron chi connectivity index (χ3n) is 3.86. The van der Waals surface area contributed by atoms with Crippen molar-refractivity contribution in [1.82, 2.24) is 14.9 Å². The molecule has 1 amide bonds. The van der Waals surface area contributed by atoms with E-state index in [0.717, 1.165) is 36.3 Å². The summed E-state index contributed by atoms with van der Waals surface area (Å²) >= 11 is 2.85. The Kier molecular flexibility index (Phi) is 5.37. The number of rotatable bonds is 5. The zero-order valence-electron chi connectivity index (χ0n) is 13.1. The monoisotopic (exact) mass is 351 g/mol. The van der Waals surface area contributed by atoms with Crippen molar-refractivity contribution in [1.29, 1.82) is 0 Å². The lowest BCUT2D eigenvalue weighted by molar-refractivity contribution is 0.102. The maximum absolute atomic E-state index is 12.1. The van der Waals surface area contributed by atoms with Crippen molar-refractivity contribution in [3.8, 4) is 0 Å². The highest BCUT2D eigenvalue weighted by Crippen LogP contribution is 2.21. The molecule has 1 unspecified atom stereocenters. The van der Waals surface area contributed by atoms with E-state index in [1.165, 1.54) is 35.5 Å². The highest BCUT2D eigenvalue weighted by molar-refractivity contribution is 7.14. The summed E-state index contributed by atoms with van der Waals surface area (Å²) in [5.74, 6) is 0.524. The molecule has 2 aromatic heterocycles. The molecule has 0 bridgehead atoms. The van der Waals surface area contributed by atoms with Crippen LogP contribution in [0.1, 0.15) is 41.0 Å². The molecule has 0 aromatic carbocycles. The number of nitrogens with two attached hydrogens (primary N) is 1. The first-order valence-electron chi connectivity index (χ1n) is 7.76. The quantitative estimate of drug-likeness (QED) is 0.865. The number of nitrogens with zero attached hydrogens (tertiary/aromatic N) is 3. The molecule has 0 spiro atoms. The number of amides is 1. The van der Waals surface area contributed by atoms with Gasteiger partial charge < -0.3 is 5.73 Å². The Balaban J connectivity index is 1.57. The second kappa shape index (κ2) is 7.48. The predicted molar refractivity (Wildman–Crippen MR) is 93.7 cm³/mol. The van der Waals surface area contributed by atoms with E-state index in [2.05, 4.69) is 27.1 Å². The first-order chi connectivity index (χ1) is 11.1. The number of thiazole rings is 2. The molecular weight excluding hydrogens is 330 g/mol. The van der Waals surface area contributed by atoms with Crippen LogP contribution in [0, 0.1) is 5.92 Å². The van der Waals surface area contributed by atoms with E-state index in [1.54, 1.807) is 5.38 Å². The molecule has 2 aromatic rings. The Labute approximate surface area is 143 Å². The second-order valence-corrected chi connectivity index (χ2v) is 7.71. The zero-order chi connectivity index (χ0) is 16.2. The summed E-state index contributed by atoms with van der Waals surface area (Å²) < 4.78 is 0. The second-order valence-electron chi connectivity index (χ2n) is 5.91. The Bertz CT molecular complexity index is 668. The Hall–Kier alpha value is -1.35.